The Morgan fingerprint density at radius 2 is 1.77 bits per heavy atom. The van der Waals surface area contributed by atoms with Gasteiger partial charge < -0.3 is 14.8 Å². The highest BCUT2D eigenvalue weighted by Gasteiger charge is 2.28. The molecule has 0 fully saturated rings. The van der Waals surface area contributed by atoms with Crippen LogP contribution in [0.1, 0.15) is 23.6 Å². The van der Waals surface area contributed by atoms with E-state index in [1.165, 1.54) is 5.01 Å². The predicted octanol–water partition coefficient (Wildman–Crippen LogP) is 5.35. The Morgan fingerprint density at radius 3 is 2.51 bits per heavy atom. The summed E-state index contributed by atoms with van der Waals surface area (Å²) in [5, 5.41) is 10.2. The van der Waals surface area contributed by atoms with E-state index in [9.17, 15) is 4.79 Å². The fourth-order valence-electron chi connectivity index (χ4n) is 4.18. The number of nitrogens with one attached hydrogen (secondary N) is 1. The van der Waals surface area contributed by atoms with E-state index in [4.69, 9.17) is 21.1 Å². The normalized spacial score (nSPS) is 15.1. The van der Waals surface area contributed by atoms with Crippen LogP contribution < -0.4 is 14.8 Å². The summed E-state index contributed by atoms with van der Waals surface area (Å²) in [7, 11) is 3.14. The van der Waals surface area contributed by atoms with Crippen LogP contribution in [-0.4, -0.2) is 41.3 Å². The van der Waals surface area contributed by atoms with Crippen molar-refractivity contribution in [3.05, 3.63) is 83.1 Å². The highest BCUT2D eigenvalue weighted by molar-refractivity contribution is 6.29. The summed E-state index contributed by atoms with van der Waals surface area (Å²) in [4.78, 5) is 20.4. The molecule has 4 aromatic rings. The molecule has 176 valence electrons. The number of hydrogen-bond acceptors (Lipinski definition) is 7. The highest BCUT2D eigenvalue weighted by Crippen LogP contribution is 2.36. The van der Waals surface area contributed by atoms with Crippen LogP contribution in [0.2, 0.25) is 5.28 Å². The van der Waals surface area contributed by atoms with Gasteiger partial charge in [0.15, 0.2) is 11.5 Å². The number of ether oxygens (including phenoxy) is 2. The van der Waals surface area contributed by atoms with Crippen molar-refractivity contribution in [1.82, 2.24) is 15.0 Å². The number of carbonyl (C=O) groups excluding carboxylic acids is 1. The molecule has 0 bridgehead atoms. The van der Waals surface area contributed by atoms with Crippen LogP contribution >= 0.6 is 11.6 Å². The second-order valence-corrected chi connectivity index (χ2v) is 8.27. The number of rotatable bonds is 7. The van der Waals surface area contributed by atoms with Crippen LogP contribution in [0.5, 0.6) is 11.5 Å². The lowest BCUT2D eigenvalue weighted by Gasteiger charge is -2.17. The summed E-state index contributed by atoms with van der Waals surface area (Å²) in [5.74, 6) is 1.64. The lowest BCUT2D eigenvalue weighted by Crippen LogP contribution is -2.17. The SMILES string of the molecule is COc1cc2nc(Cl)nc(Nc3cccc(C4=NN(C=O)C(c5ccccc5)C4)c3)c2cc1OC. The molecule has 9 heteroatoms. The fraction of sp³-hybridized carbons (Fsp3) is 0.154. The van der Waals surface area contributed by atoms with Gasteiger partial charge in [0.2, 0.25) is 11.7 Å². The van der Waals surface area contributed by atoms with E-state index in [2.05, 4.69) is 20.4 Å². The zero-order chi connectivity index (χ0) is 24.4. The maximum Gasteiger partial charge on any atom is 0.230 e. The van der Waals surface area contributed by atoms with E-state index >= 15 is 0 Å². The zero-order valence-corrected chi connectivity index (χ0v) is 19.9. The minimum Gasteiger partial charge on any atom is -0.493 e. The van der Waals surface area contributed by atoms with Crippen molar-refractivity contribution < 1.29 is 14.3 Å². The van der Waals surface area contributed by atoms with Crippen LogP contribution in [-0.2, 0) is 4.79 Å². The molecule has 1 aromatic heterocycles. The van der Waals surface area contributed by atoms with Crippen molar-refractivity contribution in [2.45, 2.75) is 12.5 Å². The maximum absolute atomic E-state index is 11.7. The van der Waals surface area contributed by atoms with Gasteiger partial charge in [0.05, 0.1) is 31.5 Å². The Balaban J connectivity index is 1.47. The van der Waals surface area contributed by atoms with Gasteiger partial charge in [0.25, 0.3) is 0 Å². The van der Waals surface area contributed by atoms with Crippen molar-refractivity contribution in [3.8, 4) is 11.5 Å². The van der Waals surface area contributed by atoms with Crippen molar-refractivity contribution in [2.24, 2.45) is 5.10 Å². The van der Waals surface area contributed by atoms with Crippen LogP contribution in [0.3, 0.4) is 0 Å². The largest absolute Gasteiger partial charge is 0.493 e. The first kappa shape index (κ1) is 22.6. The summed E-state index contributed by atoms with van der Waals surface area (Å²) in [5.41, 5.74) is 4.18. The van der Waals surface area contributed by atoms with Crippen LogP contribution in [0.15, 0.2) is 71.8 Å². The third-order valence-electron chi connectivity index (χ3n) is 5.87. The third kappa shape index (κ3) is 4.48. The van der Waals surface area contributed by atoms with E-state index in [-0.39, 0.29) is 11.3 Å². The van der Waals surface area contributed by atoms with Gasteiger partial charge in [-0.05, 0) is 40.9 Å². The van der Waals surface area contributed by atoms with Crippen molar-refractivity contribution in [1.29, 1.82) is 0 Å². The molecule has 5 rings (SSSR count). The number of aromatic nitrogens is 2. The zero-order valence-electron chi connectivity index (χ0n) is 19.1. The average molecular weight is 488 g/mol. The van der Waals surface area contributed by atoms with Gasteiger partial charge in [-0.2, -0.15) is 10.1 Å². The van der Waals surface area contributed by atoms with Gasteiger partial charge in [-0.3, -0.25) is 4.79 Å². The standard InChI is InChI=1S/C26H22ClN5O3/c1-34-23-12-19-21(14-24(23)35-2)29-26(27)30-25(19)28-18-10-6-9-17(11-18)20-13-22(32(15-33)31-20)16-7-4-3-5-8-16/h3-12,14-15,22H,13H2,1-2H3,(H,28,29,30). The third-order valence-corrected chi connectivity index (χ3v) is 6.04. The molecule has 1 aliphatic rings. The van der Waals surface area contributed by atoms with E-state index in [0.717, 1.165) is 34.3 Å². The molecule has 1 N–H and O–H groups in total. The minimum absolute atomic E-state index is 0.107. The maximum atomic E-state index is 11.7. The Morgan fingerprint density at radius 1 is 1.00 bits per heavy atom. The van der Waals surface area contributed by atoms with Gasteiger partial charge >= 0.3 is 0 Å². The number of nitrogens with zero attached hydrogens (tertiary/aromatic N) is 4. The number of carbonyl (C=O) groups is 1. The molecular weight excluding hydrogens is 466 g/mol. The number of anilines is 2. The molecule has 0 radical (unpaired) electrons. The van der Waals surface area contributed by atoms with Gasteiger partial charge in [-0.15, -0.1) is 0 Å². The van der Waals surface area contributed by atoms with Gasteiger partial charge in [-0.25, -0.2) is 9.99 Å². The molecule has 0 saturated carbocycles. The Kier molecular flexibility index (Phi) is 6.20. The molecule has 2 heterocycles. The number of methoxy groups -OCH3 is 2. The van der Waals surface area contributed by atoms with Crippen molar-refractivity contribution in [2.75, 3.05) is 19.5 Å². The first-order valence-corrected chi connectivity index (χ1v) is 11.3. The number of fused-ring (bicyclic) bond motifs is 1. The highest BCUT2D eigenvalue weighted by atomic mass is 35.5. The molecule has 1 amide bonds. The number of halogens is 1. The van der Waals surface area contributed by atoms with Gasteiger partial charge in [0.1, 0.15) is 5.82 Å². The lowest BCUT2D eigenvalue weighted by molar-refractivity contribution is -0.119. The number of benzene rings is 3. The molecule has 1 atom stereocenters. The van der Waals surface area contributed by atoms with E-state index < -0.39 is 0 Å². The lowest BCUT2D eigenvalue weighted by atomic mass is 9.98. The summed E-state index contributed by atoms with van der Waals surface area (Å²) in [6.45, 7) is 0. The summed E-state index contributed by atoms with van der Waals surface area (Å²) in [6.07, 6.45) is 1.38. The Hall–Kier alpha value is -4.17. The Labute approximate surface area is 207 Å². The molecule has 0 spiro atoms. The summed E-state index contributed by atoms with van der Waals surface area (Å²) in [6, 6.07) is 21.1. The smallest absolute Gasteiger partial charge is 0.230 e. The second-order valence-electron chi connectivity index (χ2n) is 7.93. The topological polar surface area (TPSA) is 88.9 Å². The molecule has 0 aliphatic carbocycles. The summed E-state index contributed by atoms with van der Waals surface area (Å²) < 4.78 is 10.8. The van der Waals surface area contributed by atoms with Crippen LogP contribution in [0.4, 0.5) is 11.5 Å². The second kappa shape index (κ2) is 9.60. The first-order chi connectivity index (χ1) is 17.1. The minimum atomic E-state index is -0.132. The fourth-order valence-corrected chi connectivity index (χ4v) is 4.36. The molecule has 1 aliphatic heterocycles. The number of hydrazone groups is 1. The number of amides is 1. The van der Waals surface area contributed by atoms with Gasteiger partial charge in [-0.1, -0.05) is 42.5 Å². The average Bonchev–Trinajstić information content (AvgIpc) is 3.33. The molecule has 3 aromatic carbocycles. The monoisotopic (exact) mass is 487 g/mol. The predicted molar refractivity (Wildman–Crippen MR) is 136 cm³/mol. The molecule has 35 heavy (non-hydrogen) atoms. The summed E-state index contributed by atoms with van der Waals surface area (Å²) >= 11 is 6.21. The van der Waals surface area contributed by atoms with Crippen LogP contribution in [0.25, 0.3) is 10.9 Å². The van der Waals surface area contributed by atoms with Crippen LogP contribution in [0, 0.1) is 0 Å². The van der Waals surface area contributed by atoms with Crippen molar-refractivity contribution in [3.63, 3.8) is 0 Å². The van der Waals surface area contributed by atoms with E-state index in [0.29, 0.717) is 29.3 Å². The molecular formula is C26H22ClN5O3. The quantitative estimate of drug-likeness (QED) is 0.279. The van der Waals surface area contributed by atoms with E-state index in [1.54, 1.807) is 20.3 Å². The molecule has 8 nitrogen and oxygen atoms in total. The van der Waals surface area contributed by atoms with Gasteiger partial charge in [0, 0.05) is 23.6 Å². The number of hydrogen-bond donors (Lipinski definition) is 1. The van der Waals surface area contributed by atoms with Crippen molar-refractivity contribution >= 4 is 46.1 Å². The molecule has 0 saturated heterocycles. The molecule has 1 unspecified atom stereocenters. The Bertz CT molecular complexity index is 1430. The first-order valence-electron chi connectivity index (χ1n) is 10.9. The van der Waals surface area contributed by atoms with E-state index in [1.807, 2.05) is 60.7 Å².